The van der Waals surface area contributed by atoms with Crippen molar-refractivity contribution < 1.29 is 5.11 Å². The van der Waals surface area contributed by atoms with Crippen LogP contribution < -0.4 is 0 Å². The number of aromatic amines is 1. The molecular formula is C16H19N7O. The molecule has 24 heavy (non-hydrogen) atoms. The quantitative estimate of drug-likeness (QED) is 0.739. The molecule has 1 aromatic carbocycles. The molecule has 0 aliphatic carbocycles. The summed E-state index contributed by atoms with van der Waals surface area (Å²) in [6.07, 6.45) is 4.95. The van der Waals surface area contributed by atoms with Gasteiger partial charge in [-0.1, -0.05) is 18.2 Å². The third kappa shape index (κ3) is 2.93. The number of hydrogen-bond donors (Lipinski definition) is 2. The smallest absolute Gasteiger partial charge is 0.123 e. The van der Waals surface area contributed by atoms with E-state index in [2.05, 4.69) is 30.5 Å². The summed E-state index contributed by atoms with van der Waals surface area (Å²) in [6, 6.07) is 9.82. The van der Waals surface area contributed by atoms with Crippen LogP contribution in [-0.2, 0) is 12.1 Å². The molecule has 124 valence electrons. The van der Waals surface area contributed by atoms with Crippen molar-refractivity contribution in [2.24, 2.45) is 0 Å². The monoisotopic (exact) mass is 325 g/mol. The molecule has 3 heterocycles. The standard InChI is InChI=1S/C16H19N7O/c24-16(15-10-17-21-19-15)7-4-8-22(12-16)11-13-9-18-23(20-13)14-5-2-1-3-6-14/h1-3,5-6,9-10,24H,4,7-8,11-12H2,(H,17,19,21). The Kier molecular flexibility index (Phi) is 3.83. The van der Waals surface area contributed by atoms with Gasteiger partial charge in [-0.25, -0.2) is 0 Å². The van der Waals surface area contributed by atoms with Crippen molar-refractivity contribution in [1.29, 1.82) is 0 Å². The van der Waals surface area contributed by atoms with Gasteiger partial charge in [-0.05, 0) is 31.5 Å². The molecule has 1 aliphatic rings. The number of H-pyrrole nitrogens is 1. The lowest BCUT2D eigenvalue weighted by atomic mass is 9.90. The number of aliphatic hydroxyl groups is 1. The first-order chi connectivity index (χ1) is 11.7. The van der Waals surface area contributed by atoms with Crippen LogP contribution >= 0.6 is 0 Å². The van der Waals surface area contributed by atoms with Gasteiger partial charge in [0.25, 0.3) is 0 Å². The lowest BCUT2D eigenvalue weighted by Gasteiger charge is -2.37. The Bertz CT molecular complexity index is 786. The van der Waals surface area contributed by atoms with E-state index in [1.807, 2.05) is 30.3 Å². The molecule has 4 rings (SSSR count). The molecule has 8 heteroatoms. The highest BCUT2D eigenvalue weighted by molar-refractivity contribution is 5.28. The number of piperidine rings is 1. The lowest BCUT2D eigenvalue weighted by molar-refractivity contribution is -0.0417. The molecule has 1 fully saturated rings. The molecule has 1 atom stereocenters. The average molecular weight is 325 g/mol. The number of nitrogens with one attached hydrogen (secondary N) is 1. The lowest BCUT2D eigenvalue weighted by Crippen LogP contribution is -2.46. The second kappa shape index (κ2) is 6.14. The van der Waals surface area contributed by atoms with Crippen molar-refractivity contribution >= 4 is 0 Å². The fourth-order valence-corrected chi connectivity index (χ4v) is 3.17. The van der Waals surface area contributed by atoms with E-state index in [9.17, 15) is 5.11 Å². The van der Waals surface area contributed by atoms with Crippen molar-refractivity contribution in [1.82, 2.24) is 35.3 Å². The number of rotatable bonds is 4. The maximum Gasteiger partial charge on any atom is 0.123 e. The van der Waals surface area contributed by atoms with Crippen molar-refractivity contribution in [3.8, 4) is 5.69 Å². The Hall–Kier alpha value is -2.58. The van der Waals surface area contributed by atoms with Gasteiger partial charge in [0, 0.05) is 13.1 Å². The van der Waals surface area contributed by atoms with Crippen LogP contribution in [0.2, 0.25) is 0 Å². The highest BCUT2D eigenvalue weighted by Gasteiger charge is 2.37. The average Bonchev–Trinajstić information content (AvgIpc) is 3.28. The molecule has 1 aliphatic heterocycles. The molecule has 0 amide bonds. The Labute approximate surface area is 139 Å². The van der Waals surface area contributed by atoms with Gasteiger partial charge >= 0.3 is 0 Å². The molecule has 0 bridgehead atoms. The minimum absolute atomic E-state index is 0.512. The summed E-state index contributed by atoms with van der Waals surface area (Å²) in [4.78, 5) is 3.81. The van der Waals surface area contributed by atoms with Gasteiger partial charge in [-0.2, -0.15) is 30.4 Å². The zero-order valence-corrected chi connectivity index (χ0v) is 13.2. The second-order valence-electron chi connectivity index (χ2n) is 6.16. The van der Waals surface area contributed by atoms with Crippen LogP contribution in [0.5, 0.6) is 0 Å². The molecule has 1 unspecified atom stereocenters. The molecule has 2 N–H and O–H groups in total. The fraction of sp³-hybridized carbons (Fsp3) is 0.375. The molecule has 0 saturated carbocycles. The van der Waals surface area contributed by atoms with Gasteiger partial charge in [-0.3, -0.25) is 4.90 Å². The summed E-state index contributed by atoms with van der Waals surface area (Å²) in [5.74, 6) is 0. The zero-order valence-electron chi connectivity index (χ0n) is 13.2. The van der Waals surface area contributed by atoms with E-state index in [1.54, 1.807) is 17.2 Å². The van der Waals surface area contributed by atoms with Crippen molar-refractivity contribution in [3.63, 3.8) is 0 Å². The number of β-amino-alcohol motifs (C(OH)–C–C–N with tert-alkyl or cyclic N) is 1. The summed E-state index contributed by atoms with van der Waals surface area (Å²) in [7, 11) is 0. The van der Waals surface area contributed by atoms with Gasteiger partial charge in [0.1, 0.15) is 11.3 Å². The highest BCUT2D eigenvalue weighted by atomic mass is 16.3. The first-order valence-electron chi connectivity index (χ1n) is 8.01. The van der Waals surface area contributed by atoms with E-state index in [0.29, 0.717) is 25.2 Å². The normalized spacial score (nSPS) is 21.9. The fourth-order valence-electron chi connectivity index (χ4n) is 3.17. The Balaban J connectivity index is 1.47. The van der Waals surface area contributed by atoms with E-state index in [-0.39, 0.29) is 0 Å². The number of hydrogen-bond acceptors (Lipinski definition) is 6. The number of nitrogens with zero attached hydrogens (tertiary/aromatic N) is 6. The van der Waals surface area contributed by atoms with Gasteiger partial charge in [-0.15, -0.1) is 0 Å². The van der Waals surface area contributed by atoms with Crippen molar-refractivity contribution in [2.75, 3.05) is 13.1 Å². The first-order valence-corrected chi connectivity index (χ1v) is 8.01. The SMILES string of the molecule is OC1(c2cn[nH]n2)CCCN(Cc2cnn(-c3ccccc3)n2)C1. The minimum Gasteiger partial charge on any atom is -0.382 e. The van der Waals surface area contributed by atoms with Crippen LogP contribution in [0.15, 0.2) is 42.7 Å². The Morgan fingerprint density at radius 1 is 1.21 bits per heavy atom. The maximum atomic E-state index is 10.9. The molecular weight excluding hydrogens is 306 g/mol. The molecule has 8 nitrogen and oxygen atoms in total. The summed E-state index contributed by atoms with van der Waals surface area (Å²) >= 11 is 0. The van der Waals surface area contributed by atoms with E-state index >= 15 is 0 Å². The Morgan fingerprint density at radius 3 is 2.88 bits per heavy atom. The molecule has 0 radical (unpaired) electrons. The van der Waals surface area contributed by atoms with Crippen molar-refractivity contribution in [2.45, 2.75) is 25.0 Å². The van der Waals surface area contributed by atoms with Crippen LogP contribution in [0.3, 0.4) is 0 Å². The van der Waals surface area contributed by atoms with Gasteiger partial charge < -0.3 is 5.11 Å². The molecule has 0 spiro atoms. The molecule has 1 saturated heterocycles. The van der Waals surface area contributed by atoms with Gasteiger partial charge in [0.05, 0.1) is 23.8 Å². The van der Waals surface area contributed by atoms with E-state index in [0.717, 1.165) is 24.3 Å². The van der Waals surface area contributed by atoms with Crippen LogP contribution in [0.25, 0.3) is 5.69 Å². The minimum atomic E-state index is -0.958. The first kappa shape index (κ1) is 15.0. The van der Waals surface area contributed by atoms with Crippen LogP contribution in [0, 0.1) is 0 Å². The van der Waals surface area contributed by atoms with Gasteiger partial charge in [0.15, 0.2) is 0 Å². The third-order valence-corrected chi connectivity index (χ3v) is 4.35. The topological polar surface area (TPSA) is 95.8 Å². The zero-order chi connectivity index (χ0) is 16.4. The number of para-hydroxylation sites is 1. The summed E-state index contributed by atoms with van der Waals surface area (Å²) < 4.78 is 0. The number of likely N-dealkylation sites (tertiary alicyclic amines) is 1. The van der Waals surface area contributed by atoms with E-state index in [4.69, 9.17) is 0 Å². The van der Waals surface area contributed by atoms with E-state index < -0.39 is 5.60 Å². The van der Waals surface area contributed by atoms with Crippen LogP contribution in [0.4, 0.5) is 0 Å². The molecule has 3 aromatic rings. The second-order valence-corrected chi connectivity index (χ2v) is 6.16. The summed E-state index contributed by atoms with van der Waals surface area (Å²) in [5.41, 5.74) is 1.45. The largest absolute Gasteiger partial charge is 0.382 e. The number of aromatic nitrogens is 6. The third-order valence-electron chi connectivity index (χ3n) is 4.35. The predicted octanol–water partition coefficient (Wildman–Crippen LogP) is 0.869. The van der Waals surface area contributed by atoms with Gasteiger partial charge in [0.2, 0.25) is 0 Å². The summed E-state index contributed by atoms with van der Waals surface area (Å²) in [5, 5.41) is 30.2. The maximum absolute atomic E-state index is 10.9. The summed E-state index contributed by atoms with van der Waals surface area (Å²) in [6.45, 7) is 2.07. The van der Waals surface area contributed by atoms with Crippen LogP contribution in [-0.4, -0.2) is 53.5 Å². The predicted molar refractivity (Wildman–Crippen MR) is 86.1 cm³/mol. The highest BCUT2D eigenvalue weighted by Crippen LogP contribution is 2.30. The Morgan fingerprint density at radius 2 is 2.08 bits per heavy atom. The van der Waals surface area contributed by atoms with Crippen LogP contribution in [0.1, 0.15) is 24.2 Å². The molecule has 2 aromatic heterocycles. The van der Waals surface area contributed by atoms with E-state index in [1.165, 1.54) is 0 Å². The number of benzene rings is 1. The van der Waals surface area contributed by atoms with Crippen molar-refractivity contribution in [3.05, 3.63) is 54.1 Å².